The maximum Gasteiger partial charge on any atom is 0.254 e. The zero-order chi connectivity index (χ0) is 18.8. The number of hydrogen-bond donors (Lipinski definition) is 1. The number of ether oxygens (including phenoxy) is 1. The number of amides is 1. The molecule has 1 aliphatic rings. The number of benzene rings is 2. The van der Waals surface area contributed by atoms with Crippen molar-refractivity contribution >= 4 is 11.9 Å². The molecule has 0 aliphatic carbocycles. The fourth-order valence-corrected chi connectivity index (χ4v) is 3.01. The zero-order valence-corrected chi connectivity index (χ0v) is 14.4. The Morgan fingerprint density at radius 3 is 2.78 bits per heavy atom. The zero-order valence-electron chi connectivity index (χ0n) is 14.4. The average molecular weight is 364 g/mol. The van der Waals surface area contributed by atoms with E-state index in [0.717, 1.165) is 11.3 Å². The molecule has 4 rings (SSSR count). The van der Waals surface area contributed by atoms with Crippen LogP contribution in [0.1, 0.15) is 21.6 Å². The summed E-state index contributed by atoms with van der Waals surface area (Å²) < 4.78 is 18.7. The van der Waals surface area contributed by atoms with Gasteiger partial charge in [0.2, 0.25) is 5.95 Å². The van der Waals surface area contributed by atoms with Gasteiger partial charge in [-0.2, -0.15) is 0 Å². The van der Waals surface area contributed by atoms with Crippen LogP contribution in [0.4, 0.5) is 10.3 Å². The van der Waals surface area contributed by atoms with Crippen LogP contribution in [-0.2, 0) is 13.0 Å². The van der Waals surface area contributed by atoms with Gasteiger partial charge in [-0.05, 0) is 54.4 Å². The summed E-state index contributed by atoms with van der Waals surface area (Å²) in [4.78, 5) is 22.9. The largest absolute Gasteiger partial charge is 0.457 e. The fourth-order valence-electron chi connectivity index (χ4n) is 3.01. The van der Waals surface area contributed by atoms with Gasteiger partial charge in [0, 0.05) is 18.3 Å². The highest BCUT2D eigenvalue weighted by Gasteiger charge is 2.23. The third kappa shape index (κ3) is 3.72. The van der Waals surface area contributed by atoms with Crippen molar-refractivity contribution in [1.82, 2.24) is 14.9 Å². The minimum atomic E-state index is -0.332. The molecule has 7 heteroatoms. The van der Waals surface area contributed by atoms with E-state index in [9.17, 15) is 9.18 Å². The van der Waals surface area contributed by atoms with Gasteiger partial charge >= 0.3 is 0 Å². The molecule has 0 saturated carbocycles. The second kappa shape index (κ2) is 7.03. The summed E-state index contributed by atoms with van der Waals surface area (Å²) in [5.74, 6) is 0.776. The minimum Gasteiger partial charge on any atom is -0.457 e. The molecular weight excluding hydrogens is 347 g/mol. The van der Waals surface area contributed by atoms with E-state index in [0.29, 0.717) is 36.6 Å². The highest BCUT2D eigenvalue weighted by Crippen LogP contribution is 2.24. The second-order valence-electron chi connectivity index (χ2n) is 6.26. The highest BCUT2D eigenvalue weighted by atomic mass is 19.1. The van der Waals surface area contributed by atoms with E-state index in [1.165, 1.54) is 24.3 Å². The Labute approximate surface area is 155 Å². The molecular formula is C20H17FN4O2. The van der Waals surface area contributed by atoms with Gasteiger partial charge in [-0.15, -0.1) is 0 Å². The standard InChI is InChI=1S/C20H17FN4O2/c21-15-4-6-16(7-5-15)27-17-3-1-2-13(10-17)19(26)25-9-8-14-11-23-20(22)24-18(14)12-25/h1-7,10-11H,8-9,12H2,(H2,22,23,24). The number of nitrogens with two attached hydrogens (primary N) is 1. The summed E-state index contributed by atoms with van der Waals surface area (Å²) in [5.41, 5.74) is 7.96. The molecule has 2 N–H and O–H groups in total. The van der Waals surface area contributed by atoms with Crippen LogP contribution in [0.25, 0.3) is 0 Å². The summed E-state index contributed by atoms with van der Waals surface area (Å²) in [6.45, 7) is 0.978. The van der Waals surface area contributed by atoms with E-state index in [4.69, 9.17) is 10.5 Å². The molecule has 0 unspecified atom stereocenters. The first-order chi connectivity index (χ1) is 13.1. The van der Waals surface area contributed by atoms with E-state index in [2.05, 4.69) is 9.97 Å². The summed E-state index contributed by atoms with van der Waals surface area (Å²) in [5, 5.41) is 0. The molecule has 136 valence electrons. The van der Waals surface area contributed by atoms with Gasteiger partial charge < -0.3 is 15.4 Å². The van der Waals surface area contributed by atoms with E-state index in [1.807, 2.05) is 0 Å². The Morgan fingerprint density at radius 1 is 1.15 bits per heavy atom. The van der Waals surface area contributed by atoms with Crippen LogP contribution in [-0.4, -0.2) is 27.3 Å². The lowest BCUT2D eigenvalue weighted by Crippen LogP contribution is -2.36. The molecule has 0 spiro atoms. The van der Waals surface area contributed by atoms with Crippen molar-refractivity contribution in [1.29, 1.82) is 0 Å². The number of aromatic nitrogens is 2. The molecule has 3 aromatic rings. The number of rotatable bonds is 3. The quantitative estimate of drug-likeness (QED) is 0.772. The van der Waals surface area contributed by atoms with Crippen LogP contribution in [0.3, 0.4) is 0 Å². The monoisotopic (exact) mass is 364 g/mol. The van der Waals surface area contributed by atoms with Crippen LogP contribution in [0.2, 0.25) is 0 Å². The number of carbonyl (C=O) groups excluding carboxylic acids is 1. The first-order valence-electron chi connectivity index (χ1n) is 8.51. The van der Waals surface area contributed by atoms with E-state index < -0.39 is 0 Å². The molecule has 0 fully saturated rings. The Morgan fingerprint density at radius 2 is 1.96 bits per heavy atom. The van der Waals surface area contributed by atoms with Gasteiger partial charge in [0.1, 0.15) is 17.3 Å². The third-order valence-electron chi connectivity index (χ3n) is 4.38. The van der Waals surface area contributed by atoms with E-state index >= 15 is 0 Å². The maximum absolute atomic E-state index is 13.0. The first kappa shape index (κ1) is 17.0. The lowest BCUT2D eigenvalue weighted by Gasteiger charge is -2.28. The van der Waals surface area contributed by atoms with Crippen LogP contribution < -0.4 is 10.5 Å². The molecule has 1 aliphatic heterocycles. The minimum absolute atomic E-state index is 0.109. The van der Waals surface area contributed by atoms with Crippen molar-refractivity contribution in [2.45, 2.75) is 13.0 Å². The third-order valence-corrected chi connectivity index (χ3v) is 4.38. The topological polar surface area (TPSA) is 81.3 Å². The summed E-state index contributed by atoms with van der Waals surface area (Å²) in [7, 11) is 0. The smallest absolute Gasteiger partial charge is 0.254 e. The van der Waals surface area contributed by atoms with Crippen LogP contribution in [0, 0.1) is 5.82 Å². The molecule has 0 bridgehead atoms. The predicted octanol–water partition coefficient (Wildman–Crippen LogP) is 3.19. The predicted molar refractivity (Wildman–Crippen MR) is 97.8 cm³/mol. The van der Waals surface area contributed by atoms with Crippen LogP contribution in [0.5, 0.6) is 11.5 Å². The fraction of sp³-hybridized carbons (Fsp3) is 0.150. The Bertz CT molecular complexity index is 992. The normalized spacial score (nSPS) is 13.1. The van der Waals surface area contributed by atoms with Gasteiger partial charge in [0.05, 0.1) is 12.2 Å². The maximum atomic E-state index is 13.0. The lowest BCUT2D eigenvalue weighted by atomic mass is 10.1. The molecule has 6 nitrogen and oxygen atoms in total. The molecule has 0 atom stereocenters. The van der Waals surface area contributed by atoms with Gasteiger partial charge in [-0.3, -0.25) is 4.79 Å². The van der Waals surface area contributed by atoms with E-state index in [1.54, 1.807) is 35.4 Å². The molecule has 1 aromatic heterocycles. The number of fused-ring (bicyclic) bond motifs is 1. The van der Waals surface area contributed by atoms with Crippen molar-refractivity contribution in [2.75, 3.05) is 12.3 Å². The van der Waals surface area contributed by atoms with E-state index in [-0.39, 0.29) is 17.7 Å². The molecule has 0 radical (unpaired) electrons. The second-order valence-corrected chi connectivity index (χ2v) is 6.26. The average Bonchev–Trinajstić information content (AvgIpc) is 2.69. The number of nitrogen functional groups attached to an aromatic ring is 1. The number of halogens is 1. The molecule has 1 amide bonds. The summed E-state index contributed by atoms with van der Waals surface area (Å²) in [6.07, 6.45) is 2.41. The van der Waals surface area contributed by atoms with Crippen molar-refractivity contribution in [3.05, 3.63) is 77.4 Å². The van der Waals surface area contributed by atoms with Gasteiger partial charge in [0.15, 0.2) is 0 Å². The Hall–Kier alpha value is -3.48. The lowest BCUT2D eigenvalue weighted by molar-refractivity contribution is 0.0731. The number of nitrogens with zero attached hydrogens (tertiary/aromatic N) is 3. The first-order valence-corrected chi connectivity index (χ1v) is 8.51. The molecule has 27 heavy (non-hydrogen) atoms. The summed E-state index contributed by atoms with van der Waals surface area (Å²) >= 11 is 0. The van der Waals surface area contributed by atoms with Gasteiger partial charge in [-0.25, -0.2) is 14.4 Å². The van der Waals surface area contributed by atoms with Crippen molar-refractivity contribution in [3.8, 4) is 11.5 Å². The van der Waals surface area contributed by atoms with Crippen molar-refractivity contribution < 1.29 is 13.9 Å². The SMILES string of the molecule is Nc1ncc2c(n1)CN(C(=O)c1cccc(Oc3ccc(F)cc3)c1)CC2. The van der Waals surface area contributed by atoms with Crippen LogP contribution in [0.15, 0.2) is 54.7 Å². The van der Waals surface area contributed by atoms with Crippen molar-refractivity contribution in [3.63, 3.8) is 0 Å². The number of carbonyl (C=O) groups is 1. The summed E-state index contributed by atoms with van der Waals surface area (Å²) in [6, 6.07) is 12.6. The molecule has 2 heterocycles. The van der Waals surface area contributed by atoms with Crippen molar-refractivity contribution in [2.24, 2.45) is 0 Å². The highest BCUT2D eigenvalue weighted by molar-refractivity contribution is 5.94. The number of hydrogen-bond acceptors (Lipinski definition) is 5. The number of anilines is 1. The molecule has 0 saturated heterocycles. The van der Waals surface area contributed by atoms with Crippen LogP contribution >= 0.6 is 0 Å². The van der Waals surface area contributed by atoms with Gasteiger partial charge in [0.25, 0.3) is 5.91 Å². The van der Waals surface area contributed by atoms with Gasteiger partial charge in [-0.1, -0.05) is 6.07 Å². The Kier molecular flexibility index (Phi) is 4.42. The Balaban J connectivity index is 1.51. The molecule has 2 aromatic carbocycles.